The lowest BCUT2D eigenvalue weighted by molar-refractivity contribution is -0.384. The number of aromatic nitrogens is 2. The van der Waals surface area contributed by atoms with Crippen molar-refractivity contribution in [2.45, 2.75) is 26.3 Å². The molecule has 1 amide bonds. The van der Waals surface area contributed by atoms with E-state index in [4.69, 9.17) is 0 Å². The summed E-state index contributed by atoms with van der Waals surface area (Å²) in [6.07, 6.45) is 3.68. The normalized spacial score (nSPS) is 16.1. The third-order valence-electron chi connectivity index (χ3n) is 4.26. The number of carbonyl (C=O) groups is 1. The lowest BCUT2D eigenvalue weighted by atomic mass is 9.99. The van der Waals surface area contributed by atoms with Gasteiger partial charge in [0.25, 0.3) is 5.69 Å². The van der Waals surface area contributed by atoms with Gasteiger partial charge < -0.3 is 4.90 Å². The number of nitro benzene ring substituents is 1. The number of benzene rings is 1. The topological polar surface area (TPSA) is 81.3 Å². The fraction of sp³-hybridized carbons (Fsp3) is 0.467. The Kier molecular flexibility index (Phi) is 3.79. The number of amides is 1. The summed E-state index contributed by atoms with van der Waals surface area (Å²) in [4.78, 5) is 24.7. The molecule has 0 atom stereocenters. The van der Waals surface area contributed by atoms with Crippen molar-refractivity contribution in [1.29, 1.82) is 0 Å². The molecule has 0 aliphatic carbocycles. The molecule has 1 fully saturated rings. The predicted octanol–water partition coefficient (Wildman–Crippen LogP) is 2.20. The molecule has 1 aromatic carbocycles. The number of carbonyl (C=O) groups excluding carboxylic acids is 1. The van der Waals surface area contributed by atoms with Gasteiger partial charge in [-0.3, -0.25) is 19.6 Å². The van der Waals surface area contributed by atoms with Crippen LogP contribution in [0.25, 0.3) is 10.9 Å². The number of hydrogen-bond acceptors (Lipinski definition) is 4. The van der Waals surface area contributed by atoms with E-state index in [2.05, 4.69) is 12.0 Å². The molecule has 7 heteroatoms. The zero-order valence-electron chi connectivity index (χ0n) is 12.4. The maximum absolute atomic E-state index is 12.4. The first-order valence-electron chi connectivity index (χ1n) is 7.42. The highest BCUT2D eigenvalue weighted by Crippen LogP contribution is 2.21. The van der Waals surface area contributed by atoms with E-state index in [1.807, 2.05) is 4.90 Å². The van der Waals surface area contributed by atoms with E-state index in [1.54, 1.807) is 16.9 Å². The van der Waals surface area contributed by atoms with Crippen LogP contribution in [0, 0.1) is 16.0 Å². The van der Waals surface area contributed by atoms with E-state index in [-0.39, 0.29) is 18.1 Å². The Morgan fingerprint density at radius 1 is 1.41 bits per heavy atom. The third kappa shape index (κ3) is 2.79. The van der Waals surface area contributed by atoms with E-state index >= 15 is 0 Å². The van der Waals surface area contributed by atoms with Crippen LogP contribution in [0.1, 0.15) is 19.8 Å². The van der Waals surface area contributed by atoms with Crippen LogP contribution in [-0.2, 0) is 11.3 Å². The van der Waals surface area contributed by atoms with E-state index in [1.165, 1.54) is 12.1 Å². The van der Waals surface area contributed by atoms with Gasteiger partial charge in [0.1, 0.15) is 6.54 Å². The van der Waals surface area contributed by atoms with Crippen molar-refractivity contribution < 1.29 is 9.72 Å². The summed E-state index contributed by atoms with van der Waals surface area (Å²) in [6, 6.07) is 4.57. The first-order valence-corrected chi connectivity index (χ1v) is 7.42. The first-order chi connectivity index (χ1) is 10.5. The molecule has 0 unspecified atom stereocenters. The van der Waals surface area contributed by atoms with Gasteiger partial charge in [-0.2, -0.15) is 5.10 Å². The number of likely N-dealkylation sites (tertiary alicyclic amines) is 1. The molecule has 2 heterocycles. The van der Waals surface area contributed by atoms with Crippen LogP contribution in [-0.4, -0.2) is 38.6 Å². The van der Waals surface area contributed by atoms with Crippen LogP contribution in [0.5, 0.6) is 0 Å². The van der Waals surface area contributed by atoms with Crippen LogP contribution in [0.3, 0.4) is 0 Å². The summed E-state index contributed by atoms with van der Waals surface area (Å²) in [5.74, 6) is 0.681. The van der Waals surface area contributed by atoms with Crippen molar-refractivity contribution in [1.82, 2.24) is 14.7 Å². The van der Waals surface area contributed by atoms with E-state index < -0.39 is 4.92 Å². The second-order valence-electron chi connectivity index (χ2n) is 5.87. The Balaban J connectivity index is 1.80. The molecular formula is C15H18N4O3. The highest BCUT2D eigenvalue weighted by atomic mass is 16.6. The third-order valence-corrected chi connectivity index (χ3v) is 4.26. The number of rotatable bonds is 3. The molecule has 1 aliphatic rings. The lowest BCUT2D eigenvalue weighted by Crippen LogP contribution is -2.39. The molecule has 22 heavy (non-hydrogen) atoms. The van der Waals surface area contributed by atoms with Crippen LogP contribution < -0.4 is 0 Å². The molecule has 1 aliphatic heterocycles. The Morgan fingerprint density at radius 2 is 2.14 bits per heavy atom. The standard InChI is InChI=1S/C15H18N4O3/c1-11-4-6-17(7-5-11)15(20)10-18-14-8-13(19(21)22)3-2-12(14)9-16-18/h2-3,8-9,11H,4-7,10H2,1H3. The van der Waals surface area contributed by atoms with E-state index in [0.717, 1.165) is 31.3 Å². The molecule has 2 aromatic rings. The number of fused-ring (bicyclic) bond motifs is 1. The van der Waals surface area contributed by atoms with Gasteiger partial charge in [0.15, 0.2) is 0 Å². The van der Waals surface area contributed by atoms with Gasteiger partial charge in [-0.25, -0.2) is 0 Å². The van der Waals surface area contributed by atoms with Crippen molar-refractivity contribution in [3.63, 3.8) is 0 Å². The maximum atomic E-state index is 12.4. The molecule has 0 radical (unpaired) electrons. The van der Waals surface area contributed by atoms with Crippen molar-refractivity contribution in [2.75, 3.05) is 13.1 Å². The molecule has 0 spiro atoms. The van der Waals surface area contributed by atoms with Gasteiger partial charge >= 0.3 is 0 Å². The first kappa shape index (κ1) is 14.5. The van der Waals surface area contributed by atoms with Crippen molar-refractivity contribution in [3.8, 4) is 0 Å². The average Bonchev–Trinajstić information content (AvgIpc) is 2.90. The minimum absolute atomic E-state index is 0.00787. The smallest absolute Gasteiger partial charge is 0.271 e. The summed E-state index contributed by atoms with van der Waals surface area (Å²) in [6.45, 7) is 3.87. The van der Waals surface area contributed by atoms with Crippen molar-refractivity contribution in [2.24, 2.45) is 5.92 Å². The summed E-state index contributed by atoms with van der Waals surface area (Å²) in [7, 11) is 0. The molecule has 0 N–H and O–H groups in total. The molecule has 116 valence electrons. The number of nitrogens with zero attached hydrogens (tertiary/aromatic N) is 4. The SMILES string of the molecule is CC1CCN(C(=O)Cn2ncc3ccc([N+](=O)[O-])cc32)CC1. The highest BCUT2D eigenvalue weighted by molar-refractivity contribution is 5.83. The summed E-state index contributed by atoms with van der Waals surface area (Å²) in [5, 5.41) is 15.9. The molecular weight excluding hydrogens is 284 g/mol. The van der Waals surface area contributed by atoms with Crippen LogP contribution in [0.4, 0.5) is 5.69 Å². The fourth-order valence-electron chi connectivity index (χ4n) is 2.78. The molecule has 1 aromatic heterocycles. The number of non-ortho nitro benzene ring substituents is 1. The molecule has 7 nitrogen and oxygen atoms in total. The number of piperidine rings is 1. The van der Waals surface area contributed by atoms with E-state index in [0.29, 0.717) is 11.4 Å². The summed E-state index contributed by atoms with van der Waals surface area (Å²) in [5.41, 5.74) is 0.626. The highest BCUT2D eigenvalue weighted by Gasteiger charge is 2.21. The van der Waals surface area contributed by atoms with Gasteiger partial charge in [0, 0.05) is 30.6 Å². The van der Waals surface area contributed by atoms with Gasteiger partial charge in [-0.1, -0.05) is 6.92 Å². The van der Waals surface area contributed by atoms with Gasteiger partial charge in [0.05, 0.1) is 16.6 Å². The van der Waals surface area contributed by atoms with Crippen LogP contribution in [0.2, 0.25) is 0 Å². The second-order valence-corrected chi connectivity index (χ2v) is 5.87. The molecule has 0 saturated carbocycles. The Morgan fingerprint density at radius 3 is 2.82 bits per heavy atom. The molecule has 1 saturated heterocycles. The monoisotopic (exact) mass is 302 g/mol. The zero-order chi connectivity index (χ0) is 15.7. The predicted molar refractivity (Wildman–Crippen MR) is 81.4 cm³/mol. The van der Waals surface area contributed by atoms with Gasteiger partial charge in [-0.05, 0) is 24.8 Å². The van der Waals surface area contributed by atoms with Gasteiger partial charge in [0.2, 0.25) is 5.91 Å². The maximum Gasteiger partial charge on any atom is 0.271 e. The number of hydrogen-bond donors (Lipinski definition) is 0. The van der Waals surface area contributed by atoms with Crippen molar-refractivity contribution in [3.05, 3.63) is 34.5 Å². The Bertz CT molecular complexity index is 717. The molecule has 0 bridgehead atoms. The second kappa shape index (κ2) is 5.75. The lowest BCUT2D eigenvalue weighted by Gasteiger charge is -2.30. The van der Waals surface area contributed by atoms with Crippen LogP contribution >= 0.6 is 0 Å². The van der Waals surface area contributed by atoms with E-state index in [9.17, 15) is 14.9 Å². The van der Waals surface area contributed by atoms with Gasteiger partial charge in [-0.15, -0.1) is 0 Å². The molecule has 3 rings (SSSR count). The minimum atomic E-state index is -0.440. The minimum Gasteiger partial charge on any atom is -0.341 e. The average molecular weight is 302 g/mol. The largest absolute Gasteiger partial charge is 0.341 e. The number of nitro groups is 1. The summed E-state index contributed by atoms with van der Waals surface area (Å²) < 4.78 is 1.54. The summed E-state index contributed by atoms with van der Waals surface area (Å²) >= 11 is 0. The van der Waals surface area contributed by atoms with Crippen molar-refractivity contribution >= 4 is 22.5 Å². The fourth-order valence-corrected chi connectivity index (χ4v) is 2.78. The quantitative estimate of drug-likeness (QED) is 0.643. The van der Waals surface area contributed by atoms with Crippen LogP contribution in [0.15, 0.2) is 24.4 Å². The zero-order valence-corrected chi connectivity index (χ0v) is 12.4. The Labute approximate surface area is 127 Å². The Hall–Kier alpha value is -2.44.